The number of aryl methyl sites for hydroxylation is 1. The van der Waals surface area contributed by atoms with Gasteiger partial charge in [-0.1, -0.05) is 6.92 Å². The molecule has 3 atom stereocenters. The number of piperidine rings is 1. The number of nitrogens with zero attached hydrogens (tertiary/aromatic N) is 4. The lowest BCUT2D eigenvalue weighted by Gasteiger charge is -2.49. The highest BCUT2D eigenvalue weighted by Crippen LogP contribution is 2.44. The maximum absolute atomic E-state index is 12.0. The second-order valence-corrected chi connectivity index (χ2v) is 9.52. The predicted molar refractivity (Wildman–Crippen MR) is 90.4 cm³/mol. The molecule has 0 amide bonds. The first-order chi connectivity index (χ1) is 11.9. The Morgan fingerprint density at radius 3 is 2.48 bits per heavy atom. The molecule has 1 unspecified atom stereocenters. The third kappa shape index (κ3) is 3.34. The molecule has 3 fully saturated rings. The molecule has 9 heteroatoms. The van der Waals surface area contributed by atoms with Crippen LogP contribution >= 0.6 is 0 Å². The van der Waals surface area contributed by atoms with E-state index in [1.807, 2.05) is 6.92 Å². The van der Waals surface area contributed by atoms with Gasteiger partial charge in [-0.15, -0.1) is 10.2 Å². The van der Waals surface area contributed by atoms with Crippen molar-refractivity contribution >= 4 is 10.0 Å². The predicted octanol–water partition coefficient (Wildman–Crippen LogP) is 0.789. The summed E-state index contributed by atoms with van der Waals surface area (Å²) >= 11 is 0. The summed E-state index contributed by atoms with van der Waals surface area (Å²) in [7, 11) is -3.17. The van der Waals surface area contributed by atoms with E-state index in [0.717, 1.165) is 32.1 Å². The van der Waals surface area contributed by atoms with Crippen molar-refractivity contribution < 1.29 is 17.6 Å². The Labute approximate surface area is 148 Å². The topological polar surface area (TPSA) is 88.8 Å². The Hall–Kier alpha value is -1.03. The van der Waals surface area contributed by atoms with Crippen LogP contribution in [0.25, 0.3) is 0 Å². The number of morpholine rings is 1. The Morgan fingerprint density at radius 2 is 1.88 bits per heavy atom. The molecule has 140 valence electrons. The van der Waals surface area contributed by atoms with E-state index in [1.165, 1.54) is 6.26 Å². The maximum Gasteiger partial charge on any atom is 0.230 e. The van der Waals surface area contributed by atoms with Crippen LogP contribution in [0.1, 0.15) is 44.4 Å². The number of hydrogen-bond donors (Lipinski definition) is 0. The minimum Gasteiger partial charge on any atom is -0.424 e. The van der Waals surface area contributed by atoms with Crippen molar-refractivity contribution in [3.8, 4) is 0 Å². The van der Waals surface area contributed by atoms with Gasteiger partial charge in [0.05, 0.1) is 25.0 Å². The molecule has 3 aliphatic rings. The van der Waals surface area contributed by atoms with Crippen LogP contribution in [0.3, 0.4) is 0 Å². The molecule has 0 aromatic carbocycles. The zero-order valence-corrected chi connectivity index (χ0v) is 15.7. The molecule has 3 saturated heterocycles. The van der Waals surface area contributed by atoms with Gasteiger partial charge in [-0.2, -0.15) is 4.31 Å². The average Bonchev–Trinajstić information content (AvgIpc) is 3.11. The molecule has 3 aliphatic heterocycles. The van der Waals surface area contributed by atoms with Crippen LogP contribution in [0, 0.1) is 0 Å². The summed E-state index contributed by atoms with van der Waals surface area (Å²) in [4.78, 5) is 2.45. The number of aromatic nitrogens is 2. The van der Waals surface area contributed by atoms with Crippen molar-refractivity contribution in [1.29, 1.82) is 0 Å². The van der Waals surface area contributed by atoms with Gasteiger partial charge in [-0.25, -0.2) is 8.42 Å². The van der Waals surface area contributed by atoms with E-state index in [9.17, 15) is 8.42 Å². The molecule has 4 rings (SSSR count). The van der Waals surface area contributed by atoms with Crippen molar-refractivity contribution in [3.63, 3.8) is 0 Å². The van der Waals surface area contributed by atoms with Crippen LogP contribution in [0.15, 0.2) is 4.42 Å². The molecule has 0 radical (unpaired) electrons. The third-order valence-electron chi connectivity index (χ3n) is 5.80. The van der Waals surface area contributed by atoms with Crippen LogP contribution in [-0.2, 0) is 27.7 Å². The zero-order valence-electron chi connectivity index (χ0n) is 14.8. The highest BCUT2D eigenvalue weighted by molar-refractivity contribution is 7.88. The lowest BCUT2D eigenvalue weighted by molar-refractivity contribution is -0.137. The van der Waals surface area contributed by atoms with E-state index in [0.29, 0.717) is 50.1 Å². The summed E-state index contributed by atoms with van der Waals surface area (Å²) in [6.45, 7) is 4.10. The summed E-state index contributed by atoms with van der Waals surface area (Å²) in [5.41, 5.74) is -0.340. The first-order valence-electron chi connectivity index (χ1n) is 9.05. The first-order valence-corrected chi connectivity index (χ1v) is 10.9. The van der Waals surface area contributed by atoms with E-state index < -0.39 is 10.0 Å². The van der Waals surface area contributed by atoms with Crippen LogP contribution in [0.2, 0.25) is 0 Å². The molecule has 25 heavy (non-hydrogen) atoms. The van der Waals surface area contributed by atoms with E-state index >= 15 is 0 Å². The molecular weight excluding hydrogens is 344 g/mol. The monoisotopic (exact) mass is 370 g/mol. The van der Waals surface area contributed by atoms with Gasteiger partial charge in [0.2, 0.25) is 21.8 Å². The fourth-order valence-electron chi connectivity index (χ4n) is 4.64. The van der Waals surface area contributed by atoms with Gasteiger partial charge in [0.1, 0.15) is 0 Å². The molecule has 1 spiro atoms. The second kappa shape index (κ2) is 6.29. The summed E-state index contributed by atoms with van der Waals surface area (Å²) < 4.78 is 37.3. The standard InChI is InChI=1S/C16H26N4O4S/c1-3-14-17-18-15(24-14)10-20-12-4-5-13(20)9-16(8-12)11-19(6-7-23-16)25(2,21)22/h12-13H,3-11H2,1-2H3/t12-,13+,16?. The first kappa shape index (κ1) is 17.4. The normalized spacial score (nSPS) is 34.0. The van der Waals surface area contributed by atoms with Gasteiger partial charge < -0.3 is 9.15 Å². The second-order valence-electron chi connectivity index (χ2n) is 7.54. The number of ether oxygens (including phenoxy) is 1. The SMILES string of the molecule is CCc1nnc(CN2[C@@H]3CC[C@H]2CC2(C3)CN(S(C)(=O)=O)CCO2)o1. The van der Waals surface area contributed by atoms with E-state index in [-0.39, 0.29) is 5.60 Å². The molecule has 0 saturated carbocycles. The van der Waals surface area contributed by atoms with Crippen LogP contribution < -0.4 is 0 Å². The van der Waals surface area contributed by atoms with Gasteiger partial charge in [0.15, 0.2) is 0 Å². The molecule has 1 aromatic heterocycles. The highest BCUT2D eigenvalue weighted by atomic mass is 32.2. The fourth-order valence-corrected chi connectivity index (χ4v) is 5.52. The minimum absolute atomic E-state index is 0.340. The van der Waals surface area contributed by atoms with Gasteiger partial charge in [-0.05, 0) is 25.7 Å². The molecule has 0 N–H and O–H groups in total. The number of hydrogen-bond acceptors (Lipinski definition) is 7. The van der Waals surface area contributed by atoms with Gasteiger partial charge in [0, 0.05) is 31.6 Å². The average molecular weight is 370 g/mol. The number of fused-ring (bicyclic) bond motifs is 2. The molecule has 8 nitrogen and oxygen atoms in total. The van der Waals surface area contributed by atoms with Crippen molar-refractivity contribution in [3.05, 3.63) is 11.8 Å². The van der Waals surface area contributed by atoms with Crippen LogP contribution in [0.4, 0.5) is 0 Å². The zero-order chi connectivity index (χ0) is 17.7. The lowest BCUT2D eigenvalue weighted by Crippen LogP contribution is -2.60. The Morgan fingerprint density at radius 1 is 1.20 bits per heavy atom. The van der Waals surface area contributed by atoms with E-state index in [1.54, 1.807) is 4.31 Å². The third-order valence-corrected chi connectivity index (χ3v) is 7.05. The Kier molecular flexibility index (Phi) is 4.38. The highest BCUT2D eigenvalue weighted by Gasteiger charge is 2.51. The molecule has 4 heterocycles. The van der Waals surface area contributed by atoms with Crippen molar-refractivity contribution in [1.82, 2.24) is 19.4 Å². The Bertz CT molecular complexity index is 720. The quantitative estimate of drug-likeness (QED) is 0.774. The fraction of sp³-hybridized carbons (Fsp3) is 0.875. The molecular formula is C16H26N4O4S. The maximum atomic E-state index is 12.0. The van der Waals surface area contributed by atoms with Crippen molar-refractivity contribution in [2.75, 3.05) is 26.0 Å². The largest absolute Gasteiger partial charge is 0.424 e. The van der Waals surface area contributed by atoms with Crippen molar-refractivity contribution in [2.45, 2.75) is 63.3 Å². The lowest BCUT2D eigenvalue weighted by atomic mass is 9.85. The summed E-state index contributed by atoms with van der Waals surface area (Å²) in [6.07, 6.45) is 6.00. The van der Waals surface area contributed by atoms with Gasteiger partial charge >= 0.3 is 0 Å². The van der Waals surface area contributed by atoms with Gasteiger partial charge in [-0.3, -0.25) is 4.90 Å². The summed E-state index contributed by atoms with van der Waals surface area (Å²) in [6, 6.07) is 0.769. The van der Waals surface area contributed by atoms with Gasteiger partial charge in [0.25, 0.3) is 0 Å². The minimum atomic E-state index is -3.17. The van der Waals surface area contributed by atoms with Crippen LogP contribution in [-0.4, -0.2) is 71.5 Å². The smallest absolute Gasteiger partial charge is 0.230 e. The Balaban J connectivity index is 1.48. The molecule has 0 aliphatic carbocycles. The van der Waals surface area contributed by atoms with E-state index in [2.05, 4.69) is 15.1 Å². The number of rotatable bonds is 4. The molecule has 1 aromatic rings. The molecule has 2 bridgehead atoms. The summed E-state index contributed by atoms with van der Waals surface area (Å²) in [5.74, 6) is 1.35. The number of sulfonamides is 1. The summed E-state index contributed by atoms with van der Waals surface area (Å²) in [5, 5.41) is 8.20. The van der Waals surface area contributed by atoms with Crippen molar-refractivity contribution in [2.24, 2.45) is 0 Å². The van der Waals surface area contributed by atoms with Crippen LogP contribution in [0.5, 0.6) is 0 Å². The van der Waals surface area contributed by atoms with E-state index in [4.69, 9.17) is 9.15 Å².